The van der Waals surface area contributed by atoms with Crippen LogP contribution in [0.5, 0.6) is 0 Å². The Morgan fingerprint density at radius 1 is 1.00 bits per heavy atom. The van der Waals surface area contributed by atoms with Crippen LogP contribution in [0.15, 0.2) is 48.5 Å². The second-order valence-electron chi connectivity index (χ2n) is 6.03. The molecule has 1 heterocycles. The maximum Gasteiger partial charge on any atom is 0.0352 e. The molecule has 0 aromatic heterocycles. The van der Waals surface area contributed by atoms with Crippen molar-refractivity contribution in [1.82, 2.24) is 4.90 Å². The van der Waals surface area contributed by atoms with Crippen molar-refractivity contribution in [2.24, 2.45) is 0 Å². The maximum absolute atomic E-state index is 2.62. The molecule has 2 aromatic carbocycles. The lowest BCUT2D eigenvalue weighted by molar-refractivity contribution is 0.248. The molecule has 1 atom stereocenters. The highest BCUT2D eigenvalue weighted by molar-refractivity contribution is 5.27. The zero-order valence-electron chi connectivity index (χ0n) is 12.5. The Labute approximate surface area is 122 Å². The van der Waals surface area contributed by atoms with Gasteiger partial charge in [0, 0.05) is 12.6 Å². The van der Waals surface area contributed by atoms with E-state index in [4.69, 9.17) is 0 Å². The smallest absolute Gasteiger partial charge is 0.0352 e. The Morgan fingerprint density at radius 2 is 1.80 bits per heavy atom. The number of hydrogen-bond donors (Lipinski definition) is 0. The van der Waals surface area contributed by atoms with Crippen LogP contribution in [0, 0.1) is 13.8 Å². The molecule has 0 spiro atoms. The monoisotopic (exact) mass is 265 g/mol. The summed E-state index contributed by atoms with van der Waals surface area (Å²) < 4.78 is 0. The van der Waals surface area contributed by atoms with Crippen LogP contribution in [0.3, 0.4) is 0 Å². The van der Waals surface area contributed by atoms with Gasteiger partial charge in [0.25, 0.3) is 0 Å². The summed E-state index contributed by atoms with van der Waals surface area (Å²) in [5.41, 5.74) is 5.61. The lowest BCUT2D eigenvalue weighted by Gasteiger charge is -2.25. The highest BCUT2D eigenvalue weighted by atomic mass is 15.2. The topological polar surface area (TPSA) is 3.24 Å². The molecule has 0 saturated carbocycles. The largest absolute Gasteiger partial charge is 0.292 e. The minimum Gasteiger partial charge on any atom is -0.292 e. The molecule has 20 heavy (non-hydrogen) atoms. The highest BCUT2D eigenvalue weighted by Crippen LogP contribution is 2.33. The maximum atomic E-state index is 2.62. The highest BCUT2D eigenvalue weighted by Gasteiger charge is 2.25. The van der Waals surface area contributed by atoms with Gasteiger partial charge in [-0.3, -0.25) is 4.90 Å². The van der Waals surface area contributed by atoms with Gasteiger partial charge in [-0.05, 0) is 44.4 Å². The Balaban J connectivity index is 1.77. The van der Waals surface area contributed by atoms with E-state index in [1.165, 1.54) is 41.6 Å². The van der Waals surface area contributed by atoms with Gasteiger partial charge in [0.05, 0.1) is 0 Å². The second kappa shape index (κ2) is 5.80. The lowest BCUT2D eigenvalue weighted by Crippen LogP contribution is -2.22. The Kier molecular flexibility index (Phi) is 3.88. The van der Waals surface area contributed by atoms with E-state index in [-0.39, 0.29) is 0 Å². The molecule has 0 amide bonds. The zero-order chi connectivity index (χ0) is 13.9. The molecule has 3 rings (SSSR count). The molecule has 0 N–H and O–H groups in total. The van der Waals surface area contributed by atoms with Gasteiger partial charge in [-0.25, -0.2) is 0 Å². The molecule has 104 valence electrons. The van der Waals surface area contributed by atoms with E-state index in [1.54, 1.807) is 0 Å². The molecule has 0 radical (unpaired) electrons. The van der Waals surface area contributed by atoms with Crippen LogP contribution in [0.2, 0.25) is 0 Å². The van der Waals surface area contributed by atoms with Gasteiger partial charge >= 0.3 is 0 Å². The molecule has 1 aliphatic rings. The van der Waals surface area contributed by atoms with Gasteiger partial charge in [-0.1, -0.05) is 59.7 Å². The first-order chi connectivity index (χ1) is 9.72. The summed E-state index contributed by atoms with van der Waals surface area (Å²) in [4.78, 5) is 2.62. The van der Waals surface area contributed by atoms with Gasteiger partial charge in [0.15, 0.2) is 0 Å². The summed E-state index contributed by atoms with van der Waals surface area (Å²) in [7, 11) is 0. The number of nitrogens with zero attached hydrogens (tertiary/aromatic N) is 1. The van der Waals surface area contributed by atoms with E-state index in [0.717, 1.165) is 6.54 Å². The molecule has 1 saturated heterocycles. The van der Waals surface area contributed by atoms with Crippen LogP contribution in [-0.4, -0.2) is 11.4 Å². The molecule has 2 aromatic rings. The first kappa shape index (κ1) is 13.4. The van der Waals surface area contributed by atoms with Gasteiger partial charge in [0.2, 0.25) is 0 Å². The average Bonchev–Trinajstić information content (AvgIpc) is 2.89. The number of hydrogen-bond acceptors (Lipinski definition) is 1. The number of rotatable bonds is 3. The van der Waals surface area contributed by atoms with Crippen molar-refractivity contribution in [3.63, 3.8) is 0 Å². The minimum atomic E-state index is 0.594. The standard InChI is InChI=1S/C19H23N/c1-15-8-10-17(11-9-15)14-20-12-4-7-19(20)18-6-3-5-16(2)13-18/h3,5-6,8-11,13,19H,4,7,12,14H2,1-2H3/t19-/m1/s1. The van der Waals surface area contributed by atoms with Crippen LogP contribution in [-0.2, 0) is 6.54 Å². The number of aryl methyl sites for hydroxylation is 2. The third-order valence-electron chi connectivity index (χ3n) is 4.30. The summed E-state index contributed by atoms with van der Waals surface area (Å²) in [6, 6.07) is 18.6. The van der Waals surface area contributed by atoms with Crippen molar-refractivity contribution in [3.8, 4) is 0 Å². The molecule has 1 aliphatic heterocycles. The lowest BCUT2D eigenvalue weighted by atomic mass is 10.0. The van der Waals surface area contributed by atoms with E-state index in [1.807, 2.05) is 0 Å². The van der Waals surface area contributed by atoms with Crippen molar-refractivity contribution < 1.29 is 0 Å². The van der Waals surface area contributed by atoms with Crippen molar-refractivity contribution in [3.05, 3.63) is 70.8 Å². The summed E-state index contributed by atoms with van der Waals surface area (Å²) in [6.45, 7) is 6.61. The quantitative estimate of drug-likeness (QED) is 0.781. The minimum absolute atomic E-state index is 0.594. The fourth-order valence-electron chi connectivity index (χ4n) is 3.20. The fourth-order valence-corrected chi connectivity index (χ4v) is 3.20. The van der Waals surface area contributed by atoms with Crippen LogP contribution in [0.25, 0.3) is 0 Å². The number of benzene rings is 2. The number of likely N-dealkylation sites (tertiary alicyclic amines) is 1. The van der Waals surface area contributed by atoms with E-state index >= 15 is 0 Å². The molecule has 1 fully saturated rings. The Hall–Kier alpha value is -1.60. The summed E-state index contributed by atoms with van der Waals surface area (Å²) in [5, 5.41) is 0. The third kappa shape index (κ3) is 2.94. The molecule has 0 bridgehead atoms. The van der Waals surface area contributed by atoms with Gasteiger partial charge in [-0.2, -0.15) is 0 Å². The SMILES string of the molecule is Cc1ccc(CN2CCC[C@@H]2c2cccc(C)c2)cc1. The predicted molar refractivity (Wildman–Crippen MR) is 84.7 cm³/mol. The fraction of sp³-hybridized carbons (Fsp3) is 0.368. The van der Waals surface area contributed by atoms with Crippen LogP contribution < -0.4 is 0 Å². The van der Waals surface area contributed by atoms with E-state index in [9.17, 15) is 0 Å². The van der Waals surface area contributed by atoms with Gasteiger partial charge < -0.3 is 0 Å². The Morgan fingerprint density at radius 3 is 2.55 bits per heavy atom. The van der Waals surface area contributed by atoms with Gasteiger partial charge in [0.1, 0.15) is 0 Å². The molecule has 0 aliphatic carbocycles. The van der Waals surface area contributed by atoms with E-state index in [0.29, 0.717) is 6.04 Å². The second-order valence-corrected chi connectivity index (χ2v) is 6.03. The molecular formula is C19H23N. The predicted octanol–water partition coefficient (Wildman–Crippen LogP) is 4.64. The van der Waals surface area contributed by atoms with Gasteiger partial charge in [-0.15, -0.1) is 0 Å². The van der Waals surface area contributed by atoms with Crippen LogP contribution in [0.4, 0.5) is 0 Å². The Bertz CT molecular complexity index is 571. The average molecular weight is 265 g/mol. The molecular weight excluding hydrogens is 242 g/mol. The summed E-state index contributed by atoms with van der Waals surface area (Å²) in [6.07, 6.45) is 2.60. The first-order valence-electron chi connectivity index (χ1n) is 7.58. The summed E-state index contributed by atoms with van der Waals surface area (Å²) >= 11 is 0. The van der Waals surface area contributed by atoms with E-state index < -0.39 is 0 Å². The first-order valence-corrected chi connectivity index (χ1v) is 7.58. The normalized spacial score (nSPS) is 19.4. The van der Waals surface area contributed by atoms with Crippen molar-refractivity contribution >= 4 is 0 Å². The van der Waals surface area contributed by atoms with E-state index in [2.05, 4.69) is 67.3 Å². The zero-order valence-corrected chi connectivity index (χ0v) is 12.5. The van der Waals surface area contributed by atoms with Crippen molar-refractivity contribution in [2.75, 3.05) is 6.54 Å². The van der Waals surface area contributed by atoms with Crippen molar-refractivity contribution in [2.45, 2.75) is 39.3 Å². The van der Waals surface area contributed by atoms with Crippen LogP contribution >= 0.6 is 0 Å². The van der Waals surface area contributed by atoms with Crippen molar-refractivity contribution in [1.29, 1.82) is 0 Å². The molecule has 0 unspecified atom stereocenters. The molecule has 1 nitrogen and oxygen atoms in total. The summed E-state index contributed by atoms with van der Waals surface area (Å²) in [5.74, 6) is 0. The van der Waals surface area contributed by atoms with Crippen LogP contribution in [0.1, 0.15) is 41.1 Å². The third-order valence-corrected chi connectivity index (χ3v) is 4.30. The molecule has 1 heteroatoms.